The smallest absolute Gasteiger partial charge is 0.367 e. The van der Waals surface area contributed by atoms with E-state index in [0.717, 1.165) is 36.1 Å². The van der Waals surface area contributed by atoms with E-state index in [0.29, 0.717) is 0 Å². The predicted octanol–water partition coefficient (Wildman–Crippen LogP) is -0.951. The minimum atomic E-state index is 0.850. The fourth-order valence-corrected chi connectivity index (χ4v) is 1.55. The Kier molecular flexibility index (Phi) is 3.59. The molecule has 0 spiro atoms. The average molecular weight is 233 g/mol. The fourth-order valence-electron chi connectivity index (χ4n) is 1.55. The van der Waals surface area contributed by atoms with Gasteiger partial charge in [0, 0.05) is 0 Å². The zero-order valence-corrected chi connectivity index (χ0v) is 10.1. The van der Waals surface area contributed by atoms with Crippen molar-refractivity contribution in [3.05, 3.63) is 29.8 Å². The molecule has 17 heavy (non-hydrogen) atoms. The van der Waals surface area contributed by atoms with E-state index < -0.39 is 0 Å². The fraction of sp³-hybridized carbons (Fsp3) is 0.333. The lowest BCUT2D eigenvalue weighted by molar-refractivity contribution is -0.446. The lowest BCUT2D eigenvalue weighted by Gasteiger charge is -2.02. The van der Waals surface area contributed by atoms with Gasteiger partial charge in [-0.3, -0.25) is 10.3 Å². The van der Waals surface area contributed by atoms with Crippen LogP contribution >= 0.6 is 0 Å². The quantitative estimate of drug-likeness (QED) is 0.466. The zero-order valence-electron chi connectivity index (χ0n) is 10.1. The lowest BCUT2D eigenvalue weighted by atomic mass is 10.1. The Morgan fingerprint density at radius 1 is 1.41 bits per heavy atom. The molecule has 0 saturated carbocycles. The molecule has 1 aliphatic heterocycles. The number of benzene rings is 1. The van der Waals surface area contributed by atoms with Gasteiger partial charge in [-0.25, -0.2) is 0 Å². The van der Waals surface area contributed by atoms with E-state index in [9.17, 15) is 0 Å². The Labute approximate surface area is 101 Å². The average Bonchev–Trinajstić information content (AvgIpc) is 2.89. The van der Waals surface area contributed by atoms with Crippen LogP contribution in [0.5, 0.6) is 5.75 Å². The van der Waals surface area contributed by atoms with Crippen LogP contribution in [-0.2, 0) is 0 Å². The topological polar surface area (TPSA) is 59.6 Å². The third-order valence-electron chi connectivity index (χ3n) is 2.57. The van der Waals surface area contributed by atoms with E-state index in [2.05, 4.69) is 20.8 Å². The maximum absolute atomic E-state index is 5.11. The number of hydrogen-bond acceptors (Lipinski definition) is 4. The number of nitrogens with one attached hydrogen (secondary N) is 3. The van der Waals surface area contributed by atoms with Crippen LogP contribution in [0.3, 0.4) is 0 Å². The maximum Gasteiger partial charge on any atom is 0.367 e. The summed E-state index contributed by atoms with van der Waals surface area (Å²) in [6.45, 7) is 3.82. The van der Waals surface area contributed by atoms with Crippen LogP contribution in [0.4, 0.5) is 0 Å². The molecule has 0 fully saturated rings. The van der Waals surface area contributed by atoms with Crippen molar-refractivity contribution in [1.29, 1.82) is 0 Å². The van der Waals surface area contributed by atoms with E-state index in [4.69, 9.17) is 4.74 Å². The van der Waals surface area contributed by atoms with Crippen LogP contribution in [0.25, 0.3) is 0 Å². The summed E-state index contributed by atoms with van der Waals surface area (Å²) in [6, 6.07) is 7.82. The van der Waals surface area contributed by atoms with Crippen LogP contribution in [-0.4, -0.2) is 31.9 Å². The standard InChI is InChI=1S/C12H16N4O/c1-9(15-16-12-13-7-8-14-12)10-3-5-11(17-2)6-4-10/h3-6H,7-8H2,1-2H3,(H2,13,14,16)/p+1/b15-9-. The van der Waals surface area contributed by atoms with Gasteiger partial charge in [-0.2, -0.15) is 5.43 Å². The van der Waals surface area contributed by atoms with Gasteiger partial charge in [-0.05, 0) is 36.8 Å². The number of hydrogen-bond donors (Lipinski definition) is 3. The predicted molar refractivity (Wildman–Crippen MR) is 67.2 cm³/mol. The summed E-state index contributed by atoms with van der Waals surface area (Å²) in [5.74, 6) is 1.71. The van der Waals surface area contributed by atoms with Crippen LogP contribution < -0.4 is 20.5 Å². The third kappa shape index (κ3) is 2.96. The van der Waals surface area contributed by atoms with Crippen LogP contribution in [0.2, 0.25) is 0 Å². The molecule has 5 nitrogen and oxygen atoms in total. The second-order valence-electron chi connectivity index (χ2n) is 3.77. The first-order valence-electron chi connectivity index (χ1n) is 5.59. The van der Waals surface area contributed by atoms with Crippen molar-refractivity contribution in [3.8, 4) is 5.75 Å². The summed E-state index contributed by atoms with van der Waals surface area (Å²) < 4.78 is 5.11. The number of hydrazone groups is 1. The van der Waals surface area contributed by atoms with Crippen LogP contribution in [0.15, 0.2) is 29.4 Å². The van der Waals surface area contributed by atoms with Gasteiger partial charge in [0.1, 0.15) is 5.75 Å². The summed E-state index contributed by atoms with van der Waals surface area (Å²) in [5.41, 5.74) is 4.95. The maximum atomic E-state index is 5.11. The van der Waals surface area contributed by atoms with Gasteiger partial charge in [0.15, 0.2) is 0 Å². The molecule has 90 valence electrons. The van der Waals surface area contributed by atoms with Gasteiger partial charge in [-0.1, -0.05) is 0 Å². The second kappa shape index (κ2) is 5.34. The first-order valence-corrected chi connectivity index (χ1v) is 5.59. The van der Waals surface area contributed by atoms with Gasteiger partial charge in [0.05, 0.1) is 25.9 Å². The van der Waals surface area contributed by atoms with Crippen molar-refractivity contribution >= 4 is 11.7 Å². The van der Waals surface area contributed by atoms with E-state index in [1.165, 1.54) is 0 Å². The number of ether oxygens (including phenoxy) is 1. The Balaban J connectivity index is 2.02. The Morgan fingerprint density at radius 2 is 2.18 bits per heavy atom. The third-order valence-corrected chi connectivity index (χ3v) is 2.57. The molecule has 0 bridgehead atoms. The van der Waals surface area contributed by atoms with Crippen molar-refractivity contribution < 1.29 is 9.73 Å². The molecule has 1 aliphatic rings. The highest BCUT2D eigenvalue weighted by molar-refractivity contribution is 5.99. The molecule has 0 amide bonds. The van der Waals surface area contributed by atoms with Crippen molar-refractivity contribution in [2.45, 2.75) is 6.92 Å². The van der Waals surface area contributed by atoms with Crippen molar-refractivity contribution in [2.24, 2.45) is 5.10 Å². The molecule has 0 radical (unpaired) electrons. The highest BCUT2D eigenvalue weighted by Gasteiger charge is 2.10. The van der Waals surface area contributed by atoms with Gasteiger partial charge in [-0.15, -0.1) is 5.10 Å². The number of rotatable bonds is 3. The SMILES string of the molecule is COc1ccc(/C(C)=N\NC2=[NH+]CCN2)cc1. The Hall–Kier alpha value is -2.04. The number of nitrogens with zero attached hydrogens (tertiary/aromatic N) is 1. The number of guanidine groups is 1. The molecule has 0 atom stereocenters. The van der Waals surface area contributed by atoms with E-state index in [1.54, 1.807) is 7.11 Å². The lowest BCUT2D eigenvalue weighted by Crippen LogP contribution is -2.73. The molecular formula is C12H17N4O+. The molecule has 1 heterocycles. The summed E-state index contributed by atoms with van der Waals surface area (Å²) in [4.78, 5) is 3.15. The van der Waals surface area contributed by atoms with E-state index >= 15 is 0 Å². The second-order valence-corrected chi connectivity index (χ2v) is 3.77. The monoisotopic (exact) mass is 233 g/mol. The Morgan fingerprint density at radius 3 is 2.76 bits per heavy atom. The van der Waals surface area contributed by atoms with Crippen molar-refractivity contribution in [1.82, 2.24) is 10.7 Å². The van der Waals surface area contributed by atoms with Crippen LogP contribution in [0, 0.1) is 0 Å². The van der Waals surface area contributed by atoms with Gasteiger partial charge >= 0.3 is 5.96 Å². The highest BCUT2D eigenvalue weighted by atomic mass is 16.5. The van der Waals surface area contributed by atoms with Crippen LogP contribution in [0.1, 0.15) is 12.5 Å². The van der Waals surface area contributed by atoms with Gasteiger partial charge in [0.2, 0.25) is 0 Å². The van der Waals surface area contributed by atoms with E-state index in [-0.39, 0.29) is 0 Å². The molecule has 5 heteroatoms. The number of methoxy groups -OCH3 is 1. The molecule has 2 rings (SSSR count). The molecule has 0 saturated heterocycles. The molecule has 1 aromatic carbocycles. The molecule has 1 aromatic rings. The van der Waals surface area contributed by atoms with Gasteiger partial charge < -0.3 is 4.74 Å². The minimum absolute atomic E-state index is 0.850. The summed E-state index contributed by atoms with van der Waals surface area (Å²) in [7, 11) is 1.66. The Bertz CT molecular complexity index is 436. The normalized spacial score (nSPS) is 15.2. The summed E-state index contributed by atoms with van der Waals surface area (Å²) in [5, 5.41) is 7.44. The van der Waals surface area contributed by atoms with Gasteiger partial charge in [0.25, 0.3) is 0 Å². The molecule has 0 aromatic heterocycles. The molecule has 0 unspecified atom stereocenters. The molecule has 3 N–H and O–H groups in total. The summed E-state index contributed by atoms with van der Waals surface area (Å²) in [6.07, 6.45) is 0. The van der Waals surface area contributed by atoms with Crippen molar-refractivity contribution in [3.63, 3.8) is 0 Å². The first-order chi connectivity index (χ1) is 8.29. The first kappa shape index (κ1) is 11.4. The minimum Gasteiger partial charge on any atom is -0.497 e. The van der Waals surface area contributed by atoms with E-state index in [1.807, 2.05) is 31.2 Å². The zero-order chi connectivity index (χ0) is 12.1. The van der Waals surface area contributed by atoms with Crippen molar-refractivity contribution in [2.75, 3.05) is 20.2 Å². The molecule has 0 aliphatic carbocycles. The largest absolute Gasteiger partial charge is 0.497 e. The molecular weight excluding hydrogens is 216 g/mol. The highest BCUT2D eigenvalue weighted by Crippen LogP contribution is 2.11. The summed E-state index contributed by atoms with van der Waals surface area (Å²) >= 11 is 0.